The van der Waals surface area contributed by atoms with E-state index >= 15 is 0 Å². The van der Waals surface area contributed by atoms with Crippen LogP contribution in [0.1, 0.15) is 41.8 Å². The Morgan fingerprint density at radius 3 is 2.44 bits per heavy atom. The number of hydrazone groups is 1. The van der Waals surface area contributed by atoms with Crippen molar-refractivity contribution in [2.45, 2.75) is 26.9 Å². The zero-order valence-electron chi connectivity index (χ0n) is 18.2. The number of benzene rings is 3. The number of carbonyl (C=O) groups is 2. The van der Waals surface area contributed by atoms with Crippen LogP contribution in [-0.2, 0) is 11.4 Å². The average Bonchev–Trinajstić information content (AvgIpc) is 2.78. The fourth-order valence-electron chi connectivity index (χ4n) is 2.94. The van der Waals surface area contributed by atoms with Crippen LogP contribution < -0.4 is 15.5 Å². The zero-order chi connectivity index (χ0) is 22.8. The number of nitrogens with zero attached hydrogens (tertiary/aromatic N) is 1. The van der Waals surface area contributed by atoms with Crippen LogP contribution in [0.5, 0.6) is 5.75 Å². The number of carbonyl (C=O) groups excluding carboxylic acids is 2. The van der Waals surface area contributed by atoms with Gasteiger partial charge in [0.15, 0.2) is 0 Å². The summed E-state index contributed by atoms with van der Waals surface area (Å²) >= 11 is 0. The standard InChI is InChI=1S/C26H27N3O3/c1-19(2)15-25(30)28-23-13-11-22(12-14-23)26(31)29-27-17-21-9-6-10-24(16-21)32-18-20-7-4-3-5-8-20/h3-14,16-17,19H,15,18H2,1-2H3,(H,28,30)(H,29,31)/b27-17+. The smallest absolute Gasteiger partial charge is 0.271 e. The molecule has 2 amide bonds. The van der Waals surface area contributed by atoms with E-state index in [4.69, 9.17) is 4.74 Å². The zero-order valence-corrected chi connectivity index (χ0v) is 18.2. The first kappa shape index (κ1) is 22.7. The Bertz CT molecular complexity index is 1060. The van der Waals surface area contributed by atoms with Gasteiger partial charge in [0.1, 0.15) is 12.4 Å². The lowest BCUT2D eigenvalue weighted by Crippen LogP contribution is -2.18. The van der Waals surface area contributed by atoms with Crippen LogP contribution in [-0.4, -0.2) is 18.0 Å². The van der Waals surface area contributed by atoms with E-state index in [0.29, 0.717) is 24.3 Å². The van der Waals surface area contributed by atoms with E-state index in [0.717, 1.165) is 16.9 Å². The number of anilines is 1. The first-order valence-corrected chi connectivity index (χ1v) is 10.5. The van der Waals surface area contributed by atoms with Gasteiger partial charge in [0.25, 0.3) is 5.91 Å². The van der Waals surface area contributed by atoms with Gasteiger partial charge in [-0.15, -0.1) is 0 Å². The van der Waals surface area contributed by atoms with Crippen LogP contribution in [0.3, 0.4) is 0 Å². The first-order valence-electron chi connectivity index (χ1n) is 10.5. The molecule has 0 unspecified atom stereocenters. The lowest BCUT2D eigenvalue weighted by molar-refractivity contribution is -0.116. The van der Waals surface area contributed by atoms with Crippen LogP contribution in [0.2, 0.25) is 0 Å². The third-order valence-electron chi connectivity index (χ3n) is 4.51. The van der Waals surface area contributed by atoms with E-state index < -0.39 is 0 Å². The second-order valence-corrected chi connectivity index (χ2v) is 7.77. The minimum absolute atomic E-state index is 0.0446. The van der Waals surface area contributed by atoms with Gasteiger partial charge in [-0.3, -0.25) is 9.59 Å². The van der Waals surface area contributed by atoms with Crippen molar-refractivity contribution in [1.29, 1.82) is 0 Å². The molecule has 2 N–H and O–H groups in total. The van der Waals surface area contributed by atoms with Crippen molar-refractivity contribution in [3.05, 3.63) is 95.6 Å². The fraction of sp³-hybridized carbons (Fsp3) is 0.192. The van der Waals surface area contributed by atoms with E-state index in [-0.39, 0.29) is 17.7 Å². The molecular weight excluding hydrogens is 402 g/mol. The van der Waals surface area contributed by atoms with Crippen LogP contribution in [0, 0.1) is 5.92 Å². The molecule has 0 aliphatic rings. The number of hydrogen-bond acceptors (Lipinski definition) is 4. The van der Waals surface area contributed by atoms with E-state index in [9.17, 15) is 9.59 Å². The number of hydrogen-bond donors (Lipinski definition) is 2. The third kappa shape index (κ3) is 7.40. The maximum Gasteiger partial charge on any atom is 0.271 e. The summed E-state index contributed by atoms with van der Waals surface area (Å²) in [5.74, 6) is 0.628. The maximum atomic E-state index is 12.3. The van der Waals surface area contributed by atoms with Crippen LogP contribution >= 0.6 is 0 Å². The summed E-state index contributed by atoms with van der Waals surface area (Å²) in [6.07, 6.45) is 2.02. The lowest BCUT2D eigenvalue weighted by atomic mass is 10.1. The summed E-state index contributed by atoms with van der Waals surface area (Å²) in [5.41, 5.74) is 5.51. The van der Waals surface area contributed by atoms with Gasteiger partial charge in [-0.25, -0.2) is 5.43 Å². The largest absolute Gasteiger partial charge is 0.489 e. The Labute approximate surface area is 188 Å². The summed E-state index contributed by atoms with van der Waals surface area (Å²) in [4.78, 5) is 24.1. The number of rotatable bonds is 9. The molecule has 0 aliphatic heterocycles. The van der Waals surface area contributed by atoms with Crippen LogP contribution in [0.15, 0.2) is 84.0 Å². The quantitative estimate of drug-likeness (QED) is 0.370. The van der Waals surface area contributed by atoms with Gasteiger partial charge < -0.3 is 10.1 Å². The fourth-order valence-corrected chi connectivity index (χ4v) is 2.94. The predicted molar refractivity (Wildman–Crippen MR) is 127 cm³/mol. The summed E-state index contributed by atoms with van der Waals surface area (Å²) in [7, 11) is 0. The topological polar surface area (TPSA) is 79.8 Å². The molecule has 6 heteroatoms. The van der Waals surface area contributed by atoms with Gasteiger partial charge in [0, 0.05) is 17.7 Å². The van der Waals surface area contributed by atoms with Gasteiger partial charge in [0.2, 0.25) is 5.91 Å². The molecule has 32 heavy (non-hydrogen) atoms. The van der Waals surface area contributed by atoms with Crippen LogP contribution in [0.25, 0.3) is 0 Å². The second-order valence-electron chi connectivity index (χ2n) is 7.77. The molecule has 0 aromatic heterocycles. The van der Waals surface area contributed by atoms with Crippen molar-refractivity contribution in [2.75, 3.05) is 5.32 Å². The highest BCUT2D eigenvalue weighted by Crippen LogP contribution is 2.14. The van der Waals surface area contributed by atoms with Crippen molar-refractivity contribution in [1.82, 2.24) is 5.43 Å². The Balaban J connectivity index is 1.51. The lowest BCUT2D eigenvalue weighted by Gasteiger charge is -2.08. The maximum absolute atomic E-state index is 12.3. The molecule has 0 radical (unpaired) electrons. The van der Waals surface area contributed by atoms with E-state index in [1.54, 1.807) is 30.5 Å². The molecule has 0 aliphatic carbocycles. The van der Waals surface area contributed by atoms with E-state index in [1.807, 2.05) is 68.4 Å². The molecule has 164 valence electrons. The second kappa shape index (κ2) is 11.5. The number of nitrogens with one attached hydrogen (secondary N) is 2. The molecule has 0 saturated carbocycles. The highest BCUT2D eigenvalue weighted by Gasteiger charge is 2.07. The number of ether oxygens (including phenoxy) is 1. The SMILES string of the molecule is CC(C)CC(=O)Nc1ccc(C(=O)N/N=C/c2cccc(OCc3ccccc3)c2)cc1. The van der Waals surface area contributed by atoms with Crippen LogP contribution in [0.4, 0.5) is 5.69 Å². The Morgan fingerprint density at radius 2 is 1.72 bits per heavy atom. The van der Waals surface area contributed by atoms with Crippen molar-refractivity contribution in [3.8, 4) is 5.75 Å². The normalized spacial score (nSPS) is 10.8. The Hall–Kier alpha value is -3.93. The van der Waals surface area contributed by atoms with Crippen molar-refractivity contribution < 1.29 is 14.3 Å². The predicted octanol–water partition coefficient (Wildman–Crippen LogP) is 5.01. The minimum Gasteiger partial charge on any atom is -0.489 e. The first-order chi connectivity index (χ1) is 15.5. The van der Waals surface area contributed by atoms with Gasteiger partial charge in [-0.2, -0.15) is 5.10 Å². The molecule has 6 nitrogen and oxygen atoms in total. The molecule has 3 aromatic carbocycles. The third-order valence-corrected chi connectivity index (χ3v) is 4.51. The van der Waals surface area contributed by atoms with E-state index in [2.05, 4.69) is 15.8 Å². The van der Waals surface area contributed by atoms with Gasteiger partial charge in [-0.1, -0.05) is 56.3 Å². The molecular formula is C26H27N3O3. The highest BCUT2D eigenvalue weighted by atomic mass is 16.5. The summed E-state index contributed by atoms with van der Waals surface area (Å²) in [5, 5.41) is 6.85. The van der Waals surface area contributed by atoms with Crippen molar-refractivity contribution >= 4 is 23.7 Å². The van der Waals surface area contributed by atoms with Crippen molar-refractivity contribution in [3.63, 3.8) is 0 Å². The Morgan fingerprint density at radius 1 is 0.969 bits per heavy atom. The monoisotopic (exact) mass is 429 g/mol. The van der Waals surface area contributed by atoms with E-state index in [1.165, 1.54) is 0 Å². The highest BCUT2D eigenvalue weighted by molar-refractivity contribution is 5.96. The minimum atomic E-state index is -0.335. The summed E-state index contributed by atoms with van der Waals surface area (Å²) in [6.45, 7) is 4.45. The summed E-state index contributed by atoms with van der Waals surface area (Å²) < 4.78 is 5.81. The number of amides is 2. The summed E-state index contributed by atoms with van der Waals surface area (Å²) in [6, 6.07) is 24.1. The molecule has 0 heterocycles. The molecule has 0 atom stereocenters. The van der Waals surface area contributed by atoms with Gasteiger partial charge in [-0.05, 0) is 53.4 Å². The molecule has 0 saturated heterocycles. The molecule has 3 rings (SSSR count). The molecule has 0 spiro atoms. The Kier molecular flexibility index (Phi) is 8.15. The molecule has 0 fully saturated rings. The average molecular weight is 430 g/mol. The molecule has 0 bridgehead atoms. The van der Waals surface area contributed by atoms with Crippen molar-refractivity contribution in [2.24, 2.45) is 11.0 Å². The van der Waals surface area contributed by atoms with Gasteiger partial charge in [0.05, 0.1) is 6.21 Å². The van der Waals surface area contributed by atoms with Gasteiger partial charge >= 0.3 is 0 Å². The molecule has 3 aromatic rings.